The van der Waals surface area contributed by atoms with Crippen LogP contribution in [0, 0.1) is 0 Å². The average Bonchev–Trinajstić information content (AvgIpc) is 2.68. The van der Waals surface area contributed by atoms with Crippen molar-refractivity contribution in [3.63, 3.8) is 0 Å². The van der Waals surface area contributed by atoms with Crippen molar-refractivity contribution >= 4 is 12.2 Å². The van der Waals surface area contributed by atoms with Crippen LogP contribution in [0.25, 0.3) is 11.3 Å². The van der Waals surface area contributed by atoms with Gasteiger partial charge in [-0.05, 0) is 34.6 Å². The molecule has 0 amide bonds. The van der Waals surface area contributed by atoms with Crippen LogP contribution in [0.15, 0.2) is 59.8 Å². The third-order valence-corrected chi connectivity index (χ3v) is 4.85. The summed E-state index contributed by atoms with van der Waals surface area (Å²) in [6.07, 6.45) is 3.45. The number of aromatic hydroxyl groups is 1. The van der Waals surface area contributed by atoms with Gasteiger partial charge in [0, 0.05) is 22.9 Å². The van der Waals surface area contributed by atoms with Crippen molar-refractivity contribution in [2.24, 2.45) is 5.10 Å². The summed E-state index contributed by atoms with van der Waals surface area (Å²) in [4.78, 5) is 8.77. The highest BCUT2D eigenvalue weighted by atomic mass is 16.3. The van der Waals surface area contributed by atoms with Crippen LogP contribution in [0.2, 0.25) is 0 Å². The zero-order chi connectivity index (χ0) is 21.9. The maximum atomic E-state index is 10.8. The Bertz CT molecular complexity index is 1010. The number of nitrogens with zero attached hydrogens (tertiary/aromatic N) is 3. The van der Waals surface area contributed by atoms with Gasteiger partial charge in [-0.3, -0.25) is 0 Å². The largest absolute Gasteiger partial charge is 0.507 e. The monoisotopic (exact) mass is 402 g/mol. The first-order chi connectivity index (χ1) is 14.1. The number of phenolic OH excluding ortho intramolecular Hbond substituents is 1. The summed E-state index contributed by atoms with van der Waals surface area (Å²) in [7, 11) is 0. The van der Waals surface area contributed by atoms with Crippen molar-refractivity contribution in [3.8, 4) is 17.0 Å². The summed E-state index contributed by atoms with van der Waals surface area (Å²) in [6.45, 7) is 12.6. The molecule has 0 spiro atoms. The van der Waals surface area contributed by atoms with Crippen molar-refractivity contribution in [1.82, 2.24) is 9.97 Å². The first-order valence-corrected chi connectivity index (χ1v) is 10.1. The number of hydrogen-bond donors (Lipinski definition) is 2. The molecular formula is C25H30N4O. The van der Waals surface area contributed by atoms with Gasteiger partial charge >= 0.3 is 0 Å². The van der Waals surface area contributed by atoms with E-state index in [1.807, 2.05) is 48.5 Å². The summed E-state index contributed by atoms with van der Waals surface area (Å²) >= 11 is 0. The van der Waals surface area contributed by atoms with Gasteiger partial charge in [0.2, 0.25) is 5.95 Å². The van der Waals surface area contributed by atoms with E-state index in [1.54, 1.807) is 12.4 Å². The lowest BCUT2D eigenvalue weighted by molar-refractivity contribution is 0.423. The SMILES string of the molecule is CC(C)(C)c1cc(/C=N/Nc2nccc(-c3ccccc3)n2)cc(C(C)(C)C)c1O. The highest BCUT2D eigenvalue weighted by molar-refractivity contribution is 5.82. The van der Waals surface area contributed by atoms with Crippen molar-refractivity contribution in [2.45, 2.75) is 52.4 Å². The molecule has 1 aromatic heterocycles. The third-order valence-electron chi connectivity index (χ3n) is 4.85. The maximum Gasteiger partial charge on any atom is 0.244 e. The Morgan fingerprint density at radius 2 is 1.50 bits per heavy atom. The minimum atomic E-state index is -0.186. The van der Waals surface area contributed by atoms with Crippen molar-refractivity contribution < 1.29 is 5.11 Å². The van der Waals surface area contributed by atoms with E-state index < -0.39 is 0 Å². The van der Waals surface area contributed by atoms with E-state index in [4.69, 9.17) is 0 Å². The fourth-order valence-corrected chi connectivity index (χ4v) is 3.22. The molecule has 2 aromatic carbocycles. The summed E-state index contributed by atoms with van der Waals surface area (Å²) in [6, 6.07) is 15.8. The maximum absolute atomic E-state index is 10.8. The zero-order valence-electron chi connectivity index (χ0n) is 18.6. The Balaban J connectivity index is 1.88. The predicted octanol–water partition coefficient (Wildman–Crippen LogP) is 5.89. The molecule has 0 unspecified atom stereocenters. The van der Waals surface area contributed by atoms with Gasteiger partial charge in [-0.25, -0.2) is 15.4 Å². The Morgan fingerprint density at radius 3 is 2.07 bits per heavy atom. The van der Waals surface area contributed by atoms with Gasteiger partial charge in [-0.15, -0.1) is 0 Å². The summed E-state index contributed by atoms with van der Waals surface area (Å²) in [5.41, 5.74) is 7.12. The standard InChI is InChI=1S/C25H30N4O/c1-24(2,3)19-14-17(15-20(22(19)30)25(4,5)6)16-27-29-23-26-13-12-21(28-23)18-10-8-7-9-11-18/h7-16,30H,1-6H3,(H,26,28,29)/b27-16+. The molecule has 0 aliphatic rings. The molecule has 0 saturated heterocycles. The van der Waals surface area contributed by atoms with E-state index in [9.17, 15) is 5.11 Å². The second-order valence-electron chi connectivity index (χ2n) is 9.47. The molecule has 0 fully saturated rings. The van der Waals surface area contributed by atoms with E-state index in [0.717, 1.165) is 27.9 Å². The molecule has 0 atom stereocenters. The topological polar surface area (TPSA) is 70.4 Å². The van der Waals surface area contributed by atoms with E-state index in [1.165, 1.54) is 0 Å². The normalized spacial score (nSPS) is 12.3. The van der Waals surface area contributed by atoms with Crippen LogP contribution in [0.5, 0.6) is 5.75 Å². The van der Waals surface area contributed by atoms with Crippen molar-refractivity contribution in [1.29, 1.82) is 0 Å². The number of rotatable bonds is 4. The molecule has 0 radical (unpaired) electrons. The van der Waals surface area contributed by atoms with Crippen molar-refractivity contribution in [2.75, 3.05) is 5.43 Å². The van der Waals surface area contributed by atoms with E-state index >= 15 is 0 Å². The van der Waals surface area contributed by atoms with Crippen LogP contribution in [-0.4, -0.2) is 21.3 Å². The molecule has 0 bridgehead atoms. The summed E-state index contributed by atoms with van der Waals surface area (Å²) in [5, 5.41) is 15.2. The van der Waals surface area contributed by atoms with Gasteiger partial charge in [0.25, 0.3) is 0 Å². The Kier molecular flexibility index (Phi) is 5.92. The quantitative estimate of drug-likeness (QED) is 0.422. The molecule has 30 heavy (non-hydrogen) atoms. The Morgan fingerprint density at radius 1 is 0.900 bits per heavy atom. The molecular weight excluding hydrogens is 372 g/mol. The van der Waals surface area contributed by atoms with Gasteiger partial charge in [0.1, 0.15) is 5.75 Å². The van der Waals surface area contributed by atoms with Crippen LogP contribution >= 0.6 is 0 Å². The minimum absolute atomic E-state index is 0.186. The second kappa shape index (κ2) is 8.27. The Hall–Kier alpha value is -3.21. The van der Waals surface area contributed by atoms with Gasteiger partial charge in [-0.1, -0.05) is 71.9 Å². The van der Waals surface area contributed by atoms with Gasteiger partial charge in [-0.2, -0.15) is 5.10 Å². The van der Waals surface area contributed by atoms with Crippen LogP contribution in [0.3, 0.4) is 0 Å². The van der Waals surface area contributed by atoms with E-state index in [0.29, 0.717) is 11.7 Å². The number of benzene rings is 2. The molecule has 2 N–H and O–H groups in total. The number of hydrazone groups is 1. The molecule has 0 aliphatic carbocycles. The second-order valence-corrected chi connectivity index (χ2v) is 9.47. The van der Waals surface area contributed by atoms with Gasteiger partial charge in [0.05, 0.1) is 11.9 Å². The zero-order valence-corrected chi connectivity index (χ0v) is 18.6. The first kappa shape index (κ1) is 21.5. The highest BCUT2D eigenvalue weighted by Crippen LogP contribution is 2.39. The highest BCUT2D eigenvalue weighted by Gasteiger charge is 2.26. The van der Waals surface area contributed by atoms with E-state index in [2.05, 4.69) is 62.0 Å². The summed E-state index contributed by atoms with van der Waals surface area (Å²) in [5.74, 6) is 0.789. The molecule has 3 rings (SSSR count). The fourth-order valence-electron chi connectivity index (χ4n) is 3.22. The number of anilines is 1. The minimum Gasteiger partial charge on any atom is -0.507 e. The molecule has 5 heteroatoms. The van der Waals surface area contributed by atoms with Gasteiger partial charge in [0.15, 0.2) is 0 Å². The predicted molar refractivity (Wildman–Crippen MR) is 124 cm³/mol. The van der Waals surface area contributed by atoms with Crippen LogP contribution in [0.4, 0.5) is 5.95 Å². The number of hydrogen-bond acceptors (Lipinski definition) is 5. The third kappa shape index (κ3) is 5.03. The fraction of sp³-hybridized carbons (Fsp3) is 0.320. The molecule has 0 saturated carbocycles. The lowest BCUT2D eigenvalue weighted by Gasteiger charge is -2.27. The number of aromatic nitrogens is 2. The first-order valence-electron chi connectivity index (χ1n) is 10.1. The smallest absolute Gasteiger partial charge is 0.244 e. The van der Waals surface area contributed by atoms with Crippen molar-refractivity contribution in [3.05, 3.63) is 71.4 Å². The molecule has 3 aromatic rings. The molecule has 1 heterocycles. The number of nitrogens with one attached hydrogen (secondary N) is 1. The Labute approximate surface area is 178 Å². The van der Waals surface area contributed by atoms with Crippen LogP contribution in [-0.2, 0) is 10.8 Å². The van der Waals surface area contributed by atoms with Crippen LogP contribution in [0.1, 0.15) is 58.2 Å². The molecule has 0 aliphatic heterocycles. The molecule has 5 nitrogen and oxygen atoms in total. The molecule has 156 valence electrons. The number of phenols is 1. The lowest BCUT2D eigenvalue weighted by Crippen LogP contribution is -2.18. The summed E-state index contributed by atoms with van der Waals surface area (Å²) < 4.78 is 0. The lowest BCUT2D eigenvalue weighted by atomic mass is 9.78. The van der Waals surface area contributed by atoms with E-state index in [-0.39, 0.29) is 10.8 Å². The average molecular weight is 403 g/mol. The van der Waals surface area contributed by atoms with Crippen LogP contribution < -0.4 is 5.43 Å². The van der Waals surface area contributed by atoms with Gasteiger partial charge < -0.3 is 5.11 Å².